The first-order valence-corrected chi connectivity index (χ1v) is 7.91. The number of carboxylic acid groups (broad SMARTS) is 1. The van der Waals surface area contributed by atoms with E-state index in [1.807, 2.05) is 11.4 Å². The van der Waals surface area contributed by atoms with Gasteiger partial charge in [0, 0.05) is 28.5 Å². The highest BCUT2D eigenvalue weighted by Crippen LogP contribution is 2.20. The number of hydrogen-bond acceptors (Lipinski definition) is 5. The molecule has 2 aromatic carbocycles. The molecular formula is C17H13N3O3S. The van der Waals surface area contributed by atoms with E-state index in [2.05, 4.69) is 15.6 Å². The van der Waals surface area contributed by atoms with Gasteiger partial charge < -0.3 is 15.7 Å². The Kier molecular flexibility index (Phi) is 4.53. The second kappa shape index (κ2) is 6.93. The number of carbonyl (C=O) groups excluding carboxylic acids is 1. The van der Waals surface area contributed by atoms with Crippen LogP contribution in [0.15, 0.2) is 60.1 Å². The van der Waals surface area contributed by atoms with Crippen LogP contribution in [0.1, 0.15) is 20.7 Å². The smallest absolute Gasteiger partial charge is 0.335 e. The van der Waals surface area contributed by atoms with Crippen molar-refractivity contribution in [1.82, 2.24) is 4.98 Å². The fourth-order valence-corrected chi connectivity index (χ4v) is 2.63. The highest BCUT2D eigenvalue weighted by atomic mass is 32.1. The lowest BCUT2D eigenvalue weighted by Gasteiger charge is -2.08. The lowest BCUT2D eigenvalue weighted by Crippen LogP contribution is -2.12. The standard InChI is InChI=1S/C17H13N3O3S/c21-15(19-13-5-2-4-12(10-13)16(22)23)11-3-1-6-14(9-11)20-17-18-7-8-24-17/h1-10H,(H,18,20)(H,19,21)(H,22,23). The molecular weight excluding hydrogens is 326 g/mol. The van der Waals surface area contributed by atoms with Gasteiger partial charge in [-0.3, -0.25) is 4.79 Å². The van der Waals surface area contributed by atoms with Crippen LogP contribution >= 0.6 is 11.3 Å². The fraction of sp³-hybridized carbons (Fsp3) is 0. The Balaban J connectivity index is 1.75. The van der Waals surface area contributed by atoms with Crippen LogP contribution in [0.5, 0.6) is 0 Å². The average molecular weight is 339 g/mol. The molecule has 3 aromatic rings. The van der Waals surface area contributed by atoms with Crippen LogP contribution in [-0.4, -0.2) is 22.0 Å². The Labute approximate surface area is 141 Å². The molecule has 0 saturated heterocycles. The zero-order chi connectivity index (χ0) is 16.9. The number of aromatic nitrogens is 1. The summed E-state index contributed by atoms with van der Waals surface area (Å²) in [6, 6.07) is 13.1. The minimum atomic E-state index is -1.04. The maximum Gasteiger partial charge on any atom is 0.335 e. The van der Waals surface area contributed by atoms with Gasteiger partial charge in [0.1, 0.15) is 0 Å². The van der Waals surface area contributed by atoms with E-state index in [0.29, 0.717) is 11.3 Å². The topological polar surface area (TPSA) is 91.3 Å². The zero-order valence-electron chi connectivity index (χ0n) is 12.4. The second-order valence-electron chi connectivity index (χ2n) is 4.88. The molecule has 0 saturated carbocycles. The highest BCUT2D eigenvalue weighted by Gasteiger charge is 2.09. The zero-order valence-corrected chi connectivity index (χ0v) is 13.2. The van der Waals surface area contributed by atoms with Crippen molar-refractivity contribution in [1.29, 1.82) is 0 Å². The van der Waals surface area contributed by atoms with Crippen LogP contribution in [-0.2, 0) is 0 Å². The molecule has 0 atom stereocenters. The summed E-state index contributed by atoms with van der Waals surface area (Å²) in [6.07, 6.45) is 1.69. The minimum absolute atomic E-state index is 0.118. The molecule has 120 valence electrons. The number of nitrogens with zero attached hydrogens (tertiary/aromatic N) is 1. The number of carboxylic acids is 1. The Morgan fingerprint density at radius 3 is 2.42 bits per heavy atom. The van der Waals surface area contributed by atoms with Crippen molar-refractivity contribution in [3.05, 3.63) is 71.2 Å². The van der Waals surface area contributed by atoms with Crippen LogP contribution < -0.4 is 10.6 Å². The minimum Gasteiger partial charge on any atom is -0.478 e. The number of hydrogen-bond donors (Lipinski definition) is 3. The molecule has 24 heavy (non-hydrogen) atoms. The van der Waals surface area contributed by atoms with E-state index in [-0.39, 0.29) is 11.5 Å². The lowest BCUT2D eigenvalue weighted by molar-refractivity contribution is 0.0696. The Bertz CT molecular complexity index is 878. The summed E-state index contributed by atoms with van der Waals surface area (Å²) in [5.41, 5.74) is 1.75. The number of aromatic carboxylic acids is 1. The lowest BCUT2D eigenvalue weighted by atomic mass is 10.1. The van der Waals surface area contributed by atoms with E-state index in [4.69, 9.17) is 5.11 Å². The Morgan fingerprint density at radius 2 is 1.71 bits per heavy atom. The monoisotopic (exact) mass is 339 g/mol. The molecule has 0 radical (unpaired) electrons. The third-order valence-corrected chi connectivity index (χ3v) is 3.86. The second-order valence-corrected chi connectivity index (χ2v) is 5.78. The third-order valence-electron chi connectivity index (χ3n) is 3.18. The molecule has 7 heteroatoms. The summed E-state index contributed by atoms with van der Waals surface area (Å²) in [7, 11) is 0. The first-order chi connectivity index (χ1) is 11.6. The maximum absolute atomic E-state index is 12.4. The molecule has 6 nitrogen and oxygen atoms in total. The summed E-state index contributed by atoms with van der Waals surface area (Å²) >= 11 is 1.46. The Morgan fingerprint density at radius 1 is 1.00 bits per heavy atom. The molecule has 3 N–H and O–H groups in total. The van der Waals surface area contributed by atoms with Crippen molar-refractivity contribution < 1.29 is 14.7 Å². The number of amides is 1. The highest BCUT2D eigenvalue weighted by molar-refractivity contribution is 7.13. The summed E-state index contributed by atoms with van der Waals surface area (Å²) in [5, 5.41) is 17.4. The number of anilines is 3. The molecule has 0 unspecified atom stereocenters. The third kappa shape index (κ3) is 3.76. The molecule has 0 bridgehead atoms. The van der Waals surface area contributed by atoms with Crippen molar-refractivity contribution >= 4 is 39.7 Å². The van der Waals surface area contributed by atoms with Gasteiger partial charge in [0.15, 0.2) is 5.13 Å². The quantitative estimate of drug-likeness (QED) is 0.657. The van der Waals surface area contributed by atoms with Crippen LogP contribution in [0.25, 0.3) is 0 Å². The molecule has 3 rings (SSSR count). The van der Waals surface area contributed by atoms with Gasteiger partial charge in [-0.2, -0.15) is 0 Å². The largest absolute Gasteiger partial charge is 0.478 e. The van der Waals surface area contributed by atoms with E-state index in [0.717, 1.165) is 10.8 Å². The van der Waals surface area contributed by atoms with Crippen molar-refractivity contribution in [2.75, 3.05) is 10.6 Å². The van der Waals surface area contributed by atoms with Crippen molar-refractivity contribution in [2.24, 2.45) is 0 Å². The van der Waals surface area contributed by atoms with Crippen LogP contribution in [0.2, 0.25) is 0 Å². The predicted molar refractivity (Wildman–Crippen MR) is 93.2 cm³/mol. The van der Waals surface area contributed by atoms with Crippen LogP contribution in [0, 0.1) is 0 Å². The van der Waals surface area contributed by atoms with Gasteiger partial charge >= 0.3 is 5.97 Å². The number of carbonyl (C=O) groups is 2. The summed E-state index contributed by atoms with van der Waals surface area (Å²) in [6.45, 7) is 0. The summed E-state index contributed by atoms with van der Waals surface area (Å²) in [4.78, 5) is 27.5. The van der Waals surface area contributed by atoms with Gasteiger partial charge in [0.2, 0.25) is 0 Å². The molecule has 0 aliphatic rings. The maximum atomic E-state index is 12.4. The summed E-state index contributed by atoms with van der Waals surface area (Å²) < 4.78 is 0. The molecule has 0 aliphatic carbocycles. The molecule has 1 amide bonds. The van der Waals surface area contributed by atoms with Gasteiger partial charge in [0.05, 0.1) is 5.56 Å². The van der Waals surface area contributed by atoms with Gasteiger partial charge in [-0.1, -0.05) is 12.1 Å². The molecule has 1 heterocycles. The SMILES string of the molecule is O=C(O)c1cccc(NC(=O)c2cccc(Nc3nccs3)c2)c1. The van der Waals surface area contributed by atoms with E-state index < -0.39 is 5.97 Å². The number of thiazole rings is 1. The molecule has 0 aliphatic heterocycles. The first kappa shape index (κ1) is 15.7. The summed E-state index contributed by atoms with van der Waals surface area (Å²) in [5.74, 6) is -1.36. The fourth-order valence-electron chi connectivity index (χ4n) is 2.08. The number of nitrogens with one attached hydrogen (secondary N) is 2. The van der Waals surface area contributed by atoms with Crippen molar-refractivity contribution in [2.45, 2.75) is 0 Å². The first-order valence-electron chi connectivity index (χ1n) is 7.03. The van der Waals surface area contributed by atoms with Crippen LogP contribution in [0.3, 0.4) is 0 Å². The van der Waals surface area contributed by atoms with E-state index in [9.17, 15) is 9.59 Å². The molecule has 1 aromatic heterocycles. The number of benzene rings is 2. The molecule has 0 fully saturated rings. The van der Waals surface area contributed by atoms with Crippen molar-refractivity contribution in [3.63, 3.8) is 0 Å². The van der Waals surface area contributed by atoms with Gasteiger partial charge in [-0.05, 0) is 36.4 Å². The molecule has 0 spiro atoms. The van der Waals surface area contributed by atoms with Gasteiger partial charge in [0.25, 0.3) is 5.91 Å². The van der Waals surface area contributed by atoms with E-state index in [1.165, 1.54) is 23.5 Å². The Hall–Kier alpha value is -3.19. The van der Waals surface area contributed by atoms with Crippen LogP contribution in [0.4, 0.5) is 16.5 Å². The normalized spacial score (nSPS) is 10.2. The van der Waals surface area contributed by atoms with E-state index in [1.54, 1.807) is 36.5 Å². The van der Waals surface area contributed by atoms with Gasteiger partial charge in [-0.15, -0.1) is 11.3 Å². The van der Waals surface area contributed by atoms with E-state index >= 15 is 0 Å². The predicted octanol–water partition coefficient (Wildman–Crippen LogP) is 3.84. The van der Waals surface area contributed by atoms with Gasteiger partial charge in [-0.25, -0.2) is 9.78 Å². The van der Waals surface area contributed by atoms with Crippen molar-refractivity contribution in [3.8, 4) is 0 Å². The average Bonchev–Trinajstić information content (AvgIpc) is 3.08. The number of rotatable bonds is 5.